The van der Waals surface area contributed by atoms with Gasteiger partial charge in [0.15, 0.2) is 12.0 Å². The van der Waals surface area contributed by atoms with Gasteiger partial charge in [-0.05, 0) is 74.4 Å². The number of aromatic amines is 1. The third-order valence-electron chi connectivity index (χ3n) is 9.10. The van der Waals surface area contributed by atoms with Crippen LogP contribution in [0.25, 0.3) is 10.9 Å². The van der Waals surface area contributed by atoms with Crippen LogP contribution >= 0.6 is 0 Å². The molecular weight excluding hydrogens is 672 g/mol. The average Bonchev–Trinajstić information content (AvgIpc) is 3.13. The van der Waals surface area contributed by atoms with Crippen molar-refractivity contribution in [3.63, 3.8) is 0 Å². The van der Waals surface area contributed by atoms with Crippen LogP contribution < -0.4 is 26.1 Å². The van der Waals surface area contributed by atoms with Gasteiger partial charge in [-0.2, -0.15) is 0 Å². The van der Waals surface area contributed by atoms with Crippen LogP contribution in [0, 0.1) is 13.8 Å². The van der Waals surface area contributed by atoms with E-state index in [2.05, 4.69) is 20.9 Å². The SMILES string of the molecule is Cc1cccc(C)c1OCC(=O)N[C@@H](Cc1ccccc1)C[C@@H](O)[C@H](Cc1ccccc1)NC(=O)[C@H](NC(=O)c1cc(=O)c2ccccc2[nH]1)[C@H](C)O. The van der Waals surface area contributed by atoms with Gasteiger partial charge in [-0.3, -0.25) is 19.2 Å². The molecule has 0 saturated heterocycles. The molecule has 0 unspecified atom stereocenters. The summed E-state index contributed by atoms with van der Waals surface area (Å²) in [5, 5.41) is 31.3. The molecule has 6 N–H and O–H groups in total. The number of nitrogens with one attached hydrogen (secondary N) is 4. The Morgan fingerprint density at radius 1 is 0.755 bits per heavy atom. The summed E-state index contributed by atoms with van der Waals surface area (Å²) in [4.78, 5) is 55.9. The van der Waals surface area contributed by atoms with E-state index in [0.717, 1.165) is 28.3 Å². The number of fused-ring (bicyclic) bond motifs is 1. The number of pyridine rings is 1. The Labute approximate surface area is 308 Å². The molecule has 0 aliphatic rings. The lowest BCUT2D eigenvalue weighted by atomic mass is 9.93. The van der Waals surface area contributed by atoms with Crippen molar-refractivity contribution in [1.29, 1.82) is 0 Å². The summed E-state index contributed by atoms with van der Waals surface area (Å²) in [6.45, 7) is 4.96. The Morgan fingerprint density at radius 2 is 1.36 bits per heavy atom. The number of aromatic nitrogens is 1. The van der Waals surface area contributed by atoms with Crippen LogP contribution in [0.4, 0.5) is 0 Å². The molecule has 3 amide bonds. The lowest BCUT2D eigenvalue weighted by Crippen LogP contribution is -2.57. The van der Waals surface area contributed by atoms with E-state index in [1.54, 1.807) is 24.3 Å². The van der Waals surface area contributed by atoms with Crippen molar-refractivity contribution < 1.29 is 29.3 Å². The third-order valence-corrected chi connectivity index (χ3v) is 9.10. The molecule has 5 atom stereocenters. The Hall–Kier alpha value is -5.78. The Kier molecular flexibility index (Phi) is 13.1. The molecule has 4 aromatic carbocycles. The number of hydrogen-bond acceptors (Lipinski definition) is 7. The minimum absolute atomic E-state index is 0.0613. The van der Waals surface area contributed by atoms with E-state index in [1.807, 2.05) is 92.7 Å². The summed E-state index contributed by atoms with van der Waals surface area (Å²) in [5.41, 5.74) is 3.58. The zero-order valence-electron chi connectivity index (χ0n) is 30.0. The molecular formula is C42H46N4O7. The molecule has 53 heavy (non-hydrogen) atoms. The molecule has 1 heterocycles. The third kappa shape index (κ3) is 10.6. The van der Waals surface area contributed by atoms with Crippen LogP contribution in [-0.2, 0) is 22.4 Å². The van der Waals surface area contributed by atoms with Gasteiger partial charge < -0.3 is 35.9 Å². The molecule has 0 aliphatic heterocycles. The number of carbonyl (C=O) groups is 3. The molecule has 276 valence electrons. The first kappa shape index (κ1) is 38.5. The lowest BCUT2D eigenvalue weighted by molar-refractivity contribution is -0.127. The molecule has 0 radical (unpaired) electrons. The van der Waals surface area contributed by atoms with Gasteiger partial charge in [0.05, 0.1) is 18.2 Å². The fourth-order valence-electron chi connectivity index (χ4n) is 6.35. The first-order valence-electron chi connectivity index (χ1n) is 17.6. The van der Waals surface area contributed by atoms with Crippen molar-refractivity contribution in [2.45, 2.75) is 70.4 Å². The van der Waals surface area contributed by atoms with Crippen LogP contribution in [0.2, 0.25) is 0 Å². The first-order valence-corrected chi connectivity index (χ1v) is 17.6. The standard InChI is InChI=1S/C42H46N4O7/c1-26-13-12-14-27(2)40(26)53-25-38(50)43-31(21-29-15-6-4-7-16-29)23-37(49)34(22-30-17-8-5-9-18-30)45-42(52)39(28(3)47)46-41(51)35-24-36(48)32-19-10-11-20-33(32)44-35/h4-20,24,28,31,34,37,39,47,49H,21-23,25H2,1-3H3,(H,43,50)(H,44,48)(H,45,52)(H,46,51)/t28-,31-,34-,37+,39+/m0/s1. The van der Waals surface area contributed by atoms with Gasteiger partial charge in [0, 0.05) is 23.0 Å². The highest BCUT2D eigenvalue weighted by Crippen LogP contribution is 2.22. The maximum atomic E-state index is 13.8. The van der Waals surface area contributed by atoms with E-state index < -0.39 is 42.1 Å². The Bertz CT molecular complexity index is 2050. The molecule has 0 bridgehead atoms. The lowest BCUT2D eigenvalue weighted by Gasteiger charge is -2.30. The highest BCUT2D eigenvalue weighted by molar-refractivity contribution is 5.98. The van der Waals surface area contributed by atoms with Crippen molar-refractivity contribution in [2.75, 3.05) is 6.61 Å². The fraction of sp³-hybridized carbons (Fsp3) is 0.286. The quantitative estimate of drug-likeness (QED) is 0.0899. The summed E-state index contributed by atoms with van der Waals surface area (Å²) in [6, 6.07) is 29.6. The monoisotopic (exact) mass is 718 g/mol. The van der Waals surface area contributed by atoms with Crippen molar-refractivity contribution in [1.82, 2.24) is 20.9 Å². The number of amides is 3. The molecule has 11 nitrogen and oxygen atoms in total. The maximum Gasteiger partial charge on any atom is 0.268 e. The number of carbonyl (C=O) groups excluding carboxylic acids is 3. The van der Waals surface area contributed by atoms with E-state index in [-0.39, 0.29) is 36.5 Å². The van der Waals surface area contributed by atoms with Crippen LogP contribution in [0.5, 0.6) is 5.75 Å². The van der Waals surface area contributed by atoms with Gasteiger partial charge in [0.1, 0.15) is 17.5 Å². The van der Waals surface area contributed by atoms with E-state index in [9.17, 15) is 29.4 Å². The summed E-state index contributed by atoms with van der Waals surface area (Å²) >= 11 is 0. The number of ether oxygens (including phenoxy) is 1. The second kappa shape index (κ2) is 18.1. The maximum absolute atomic E-state index is 13.8. The Morgan fingerprint density at radius 3 is 2.00 bits per heavy atom. The molecule has 1 aromatic heterocycles. The number of para-hydroxylation sites is 2. The van der Waals surface area contributed by atoms with Gasteiger partial charge in [0.2, 0.25) is 5.91 Å². The second-order valence-corrected chi connectivity index (χ2v) is 13.4. The van der Waals surface area contributed by atoms with Crippen LogP contribution in [0.3, 0.4) is 0 Å². The van der Waals surface area contributed by atoms with Crippen LogP contribution in [0.15, 0.2) is 114 Å². The first-order chi connectivity index (χ1) is 25.5. The van der Waals surface area contributed by atoms with Gasteiger partial charge >= 0.3 is 0 Å². The van der Waals surface area contributed by atoms with Crippen molar-refractivity contribution in [3.8, 4) is 5.75 Å². The van der Waals surface area contributed by atoms with E-state index in [0.29, 0.717) is 23.1 Å². The zero-order chi connectivity index (χ0) is 37.9. The van der Waals surface area contributed by atoms with Crippen molar-refractivity contribution in [3.05, 3.63) is 147 Å². The number of H-pyrrole nitrogens is 1. The number of aryl methyl sites for hydroxylation is 2. The molecule has 0 aliphatic carbocycles. The topological polar surface area (TPSA) is 170 Å². The van der Waals surface area contributed by atoms with E-state index in [4.69, 9.17) is 4.74 Å². The minimum atomic E-state index is -1.43. The highest BCUT2D eigenvalue weighted by Gasteiger charge is 2.32. The number of hydrogen-bond donors (Lipinski definition) is 6. The summed E-state index contributed by atoms with van der Waals surface area (Å²) in [5.74, 6) is -1.22. The summed E-state index contributed by atoms with van der Waals surface area (Å²) in [6.07, 6.45) is -1.83. The molecule has 0 fully saturated rings. The normalized spacial score (nSPS) is 14.0. The predicted octanol–water partition coefficient (Wildman–Crippen LogP) is 3.91. The van der Waals surface area contributed by atoms with Crippen LogP contribution in [0.1, 0.15) is 46.1 Å². The van der Waals surface area contributed by atoms with Gasteiger partial charge in [-0.25, -0.2) is 0 Å². The van der Waals surface area contributed by atoms with E-state index >= 15 is 0 Å². The van der Waals surface area contributed by atoms with Crippen molar-refractivity contribution in [2.24, 2.45) is 0 Å². The highest BCUT2D eigenvalue weighted by atomic mass is 16.5. The van der Waals surface area contributed by atoms with Crippen LogP contribution in [-0.4, -0.2) is 69.9 Å². The number of rotatable bonds is 16. The summed E-state index contributed by atoms with van der Waals surface area (Å²) < 4.78 is 5.90. The smallest absolute Gasteiger partial charge is 0.268 e. The minimum Gasteiger partial charge on any atom is -0.483 e. The number of aliphatic hydroxyl groups excluding tert-OH is 2. The summed E-state index contributed by atoms with van der Waals surface area (Å²) in [7, 11) is 0. The molecule has 5 rings (SSSR count). The average molecular weight is 719 g/mol. The molecule has 11 heteroatoms. The molecule has 0 spiro atoms. The fourth-order valence-corrected chi connectivity index (χ4v) is 6.35. The van der Waals surface area contributed by atoms with Gasteiger partial charge in [-0.1, -0.05) is 91.0 Å². The Balaban J connectivity index is 1.33. The number of benzene rings is 4. The van der Waals surface area contributed by atoms with E-state index in [1.165, 1.54) is 6.92 Å². The van der Waals surface area contributed by atoms with Gasteiger partial charge in [-0.15, -0.1) is 0 Å². The van der Waals surface area contributed by atoms with Crippen molar-refractivity contribution >= 4 is 28.6 Å². The number of aliphatic hydroxyl groups is 2. The predicted molar refractivity (Wildman–Crippen MR) is 204 cm³/mol. The molecule has 5 aromatic rings. The second-order valence-electron chi connectivity index (χ2n) is 13.4. The zero-order valence-corrected chi connectivity index (χ0v) is 30.0. The molecule has 0 saturated carbocycles. The largest absolute Gasteiger partial charge is 0.483 e. The van der Waals surface area contributed by atoms with Gasteiger partial charge in [0.25, 0.3) is 11.8 Å².